The van der Waals surface area contributed by atoms with Crippen molar-refractivity contribution in [2.45, 2.75) is 37.4 Å². The predicted octanol–water partition coefficient (Wildman–Crippen LogP) is 3.84. The van der Waals surface area contributed by atoms with Crippen molar-refractivity contribution in [3.8, 4) is 5.75 Å². The lowest BCUT2D eigenvalue weighted by molar-refractivity contribution is 0.0943. The summed E-state index contributed by atoms with van der Waals surface area (Å²) in [6, 6.07) is 17.6. The van der Waals surface area contributed by atoms with E-state index in [1.807, 2.05) is 53.1 Å². The van der Waals surface area contributed by atoms with Gasteiger partial charge in [0.25, 0.3) is 0 Å². The summed E-state index contributed by atoms with van der Waals surface area (Å²) in [7, 11) is 0. The number of nitrogen functional groups attached to an aromatic ring is 1. The van der Waals surface area contributed by atoms with Crippen molar-refractivity contribution >= 4 is 28.6 Å². The molecule has 1 aliphatic carbocycles. The number of nitrogens with two attached hydrogens (primary N) is 1. The number of carbonyl (C=O) groups excluding carboxylic acids is 1. The number of hydrogen-bond donors (Lipinski definition) is 1. The molecule has 0 saturated carbocycles. The van der Waals surface area contributed by atoms with Gasteiger partial charge in [-0.1, -0.05) is 48.2 Å². The monoisotopic (exact) mass is 433 g/mol. The molecular weight excluding hydrogens is 410 g/mol. The molecule has 0 radical (unpaired) electrons. The molecule has 31 heavy (non-hydrogen) atoms. The van der Waals surface area contributed by atoms with E-state index < -0.39 is 0 Å². The molecule has 5 rings (SSSR count). The number of benzene rings is 2. The Morgan fingerprint density at radius 2 is 1.81 bits per heavy atom. The van der Waals surface area contributed by atoms with Gasteiger partial charge in [-0.05, 0) is 49.4 Å². The maximum Gasteiger partial charge on any atom is 0.241 e. The molecule has 0 bridgehead atoms. The Balaban J connectivity index is 1.31. The molecule has 0 saturated heterocycles. The lowest BCUT2D eigenvalue weighted by atomic mass is 9.96. The van der Waals surface area contributed by atoms with Gasteiger partial charge in [0.1, 0.15) is 12.4 Å². The number of nitrogens with zero attached hydrogens (tertiary/aromatic N) is 4. The van der Waals surface area contributed by atoms with Crippen LogP contribution in [0.2, 0.25) is 0 Å². The van der Waals surface area contributed by atoms with Gasteiger partial charge in [-0.3, -0.25) is 9.36 Å². The van der Waals surface area contributed by atoms with Crippen LogP contribution in [-0.4, -0.2) is 31.1 Å². The molecule has 0 aliphatic heterocycles. The Morgan fingerprint density at radius 3 is 2.68 bits per heavy atom. The van der Waals surface area contributed by atoms with E-state index in [1.165, 1.54) is 33.8 Å². The second-order valence-corrected chi connectivity index (χ2v) is 8.48. The van der Waals surface area contributed by atoms with Crippen molar-refractivity contribution in [1.82, 2.24) is 19.4 Å². The van der Waals surface area contributed by atoms with Crippen LogP contribution in [0.5, 0.6) is 5.75 Å². The van der Waals surface area contributed by atoms with Gasteiger partial charge in [-0.15, -0.1) is 10.2 Å². The van der Waals surface area contributed by atoms with E-state index >= 15 is 0 Å². The number of carbonyl (C=O) groups is 1. The van der Waals surface area contributed by atoms with Crippen molar-refractivity contribution in [3.05, 3.63) is 71.7 Å². The van der Waals surface area contributed by atoms with Crippen molar-refractivity contribution in [2.24, 2.45) is 0 Å². The van der Waals surface area contributed by atoms with Crippen LogP contribution in [-0.2, 0) is 19.4 Å². The first-order chi connectivity index (χ1) is 15.2. The normalized spacial score (nSPS) is 13.3. The van der Waals surface area contributed by atoms with Crippen LogP contribution in [0.25, 0.3) is 10.9 Å². The number of rotatable bonds is 6. The summed E-state index contributed by atoms with van der Waals surface area (Å²) in [5.74, 6) is 7.66. The highest BCUT2D eigenvalue weighted by atomic mass is 32.2. The summed E-state index contributed by atoms with van der Waals surface area (Å²) >= 11 is 1.29. The van der Waals surface area contributed by atoms with Crippen LogP contribution in [0, 0.1) is 0 Å². The first-order valence-corrected chi connectivity index (χ1v) is 11.4. The summed E-state index contributed by atoms with van der Waals surface area (Å²) < 4.78 is 8.99. The highest BCUT2D eigenvalue weighted by Gasteiger charge is 2.23. The van der Waals surface area contributed by atoms with E-state index in [4.69, 9.17) is 10.6 Å². The third kappa shape index (κ3) is 3.79. The Labute approximate surface area is 184 Å². The smallest absolute Gasteiger partial charge is 0.241 e. The maximum absolute atomic E-state index is 13.2. The van der Waals surface area contributed by atoms with Gasteiger partial charge in [0.05, 0.1) is 11.3 Å². The molecule has 0 spiro atoms. The number of aromatic nitrogens is 4. The molecule has 2 aromatic carbocycles. The van der Waals surface area contributed by atoms with E-state index in [1.54, 1.807) is 0 Å². The number of para-hydroxylation sites is 2. The first kappa shape index (κ1) is 19.7. The van der Waals surface area contributed by atoms with Gasteiger partial charge in [0.2, 0.25) is 11.1 Å². The lowest BCUT2D eigenvalue weighted by Crippen LogP contribution is -2.19. The number of ether oxygens (including phenoxy) is 1. The van der Waals surface area contributed by atoms with Gasteiger partial charge in [-0.2, -0.15) is 0 Å². The number of thioether (sulfide) groups is 1. The standard InChI is InChI=1S/C23H23N5O2S/c24-28-21(14-30-16-8-2-1-3-9-16)25-26-23(28)31-15-22(29)27-19-12-6-4-10-17(19)18-11-5-7-13-20(18)27/h1-4,6,8-10,12H,5,7,11,13-15,24H2. The molecule has 8 heteroatoms. The summed E-state index contributed by atoms with van der Waals surface area (Å²) in [5.41, 5.74) is 3.47. The largest absolute Gasteiger partial charge is 0.486 e. The zero-order chi connectivity index (χ0) is 21.2. The maximum atomic E-state index is 13.2. The van der Waals surface area contributed by atoms with Crippen LogP contribution in [0.4, 0.5) is 0 Å². The summed E-state index contributed by atoms with van der Waals surface area (Å²) in [6.45, 7) is 0.206. The number of fused-ring (bicyclic) bond motifs is 3. The zero-order valence-electron chi connectivity index (χ0n) is 17.0. The average molecular weight is 434 g/mol. The summed E-state index contributed by atoms with van der Waals surface area (Å²) in [5, 5.41) is 9.94. The molecule has 1 aliphatic rings. The Bertz CT molecular complexity index is 1230. The minimum absolute atomic E-state index is 0.0365. The van der Waals surface area contributed by atoms with Crippen LogP contribution in [0.1, 0.15) is 34.7 Å². The first-order valence-electron chi connectivity index (χ1n) is 10.4. The van der Waals surface area contributed by atoms with E-state index in [0.29, 0.717) is 11.0 Å². The van der Waals surface area contributed by atoms with Crippen LogP contribution in [0.3, 0.4) is 0 Å². The van der Waals surface area contributed by atoms with E-state index in [2.05, 4.69) is 16.3 Å². The minimum Gasteiger partial charge on any atom is -0.486 e. The molecule has 2 N–H and O–H groups in total. The fourth-order valence-electron chi connectivity index (χ4n) is 4.14. The molecule has 2 heterocycles. The lowest BCUT2D eigenvalue weighted by Gasteiger charge is -2.15. The highest BCUT2D eigenvalue weighted by molar-refractivity contribution is 7.99. The third-order valence-corrected chi connectivity index (χ3v) is 6.53. The molecule has 158 valence electrons. The Kier molecular flexibility index (Phi) is 5.38. The Morgan fingerprint density at radius 1 is 1.03 bits per heavy atom. The Hall–Kier alpha value is -3.26. The van der Waals surface area contributed by atoms with E-state index in [0.717, 1.165) is 36.2 Å². The molecule has 7 nitrogen and oxygen atoms in total. The van der Waals surface area contributed by atoms with Crippen LogP contribution in [0.15, 0.2) is 59.8 Å². The van der Waals surface area contributed by atoms with Crippen LogP contribution >= 0.6 is 11.8 Å². The molecule has 0 unspecified atom stereocenters. The quantitative estimate of drug-likeness (QED) is 0.367. The third-order valence-electron chi connectivity index (χ3n) is 5.60. The second-order valence-electron chi connectivity index (χ2n) is 7.54. The van der Waals surface area contributed by atoms with E-state index in [9.17, 15) is 4.79 Å². The van der Waals surface area contributed by atoms with Crippen molar-refractivity contribution in [1.29, 1.82) is 0 Å². The van der Waals surface area contributed by atoms with Gasteiger partial charge in [0.15, 0.2) is 5.82 Å². The van der Waals surface area contributed by atoms with Gasteiger partial charge >= 0.3 is 0 Å². The topological polar surface area (TPSA) is 88.0 Å². The van der Waals surface area contributed by atoms with Gasteiger partial charge in [-0.25, -0.2) is 4.68 Å². The predicted molar refractivity (Wildman–Crippen MR) is 121 cm³/mol. The van der Waals surface area contributed by atoms with E-state index in [-0.39, 0.29) is 18.3 Å². The fraction of sp³-hybridized carbons (Fsp3) is 0.261. The number of hydrogen-bond acceptors (Lipinski definition) is 6. The summed E-state index contributed by atoms with van der Waals surface area (Å²) in [6.07, 6.45) is 4.26. The SMILES string of the molecule is Nn1c(COc2ccccc2)nnc1SCC(=O)n1c2c(c3ccccc31)CCCC2. The molecular formula is C23H23N5O2S. The number of aryl methyl sites for hydroxylation is 1. The molecule has 0 atom stereocenters. The van der Waals surface area contributed by atoms with Crippen molar-refractivity contribution in [2.75, 3.05) is 11.6 Å². The average Bonchev–Trinajstić information content (AvgIpc) is 3.34. The molecule has 0 amide bonds. The molecule has 4 aromatic rings. The molecule has 0 fully saturated rings. The summed E-state index contributed by atoms with van der Waals surface area (Å²) in [4.78, 5) is 13.2. The fourth-order valence-corrected chi connectivity index (χ4v) is 4.86. The van der Waals surface area contributed by atoms with Crippen molar-refractivity contribution < 1.29 is 9.53 Å². The second kappa shape index (κ2) is 8.47. The minimum atomic E-state index is 0.0365. The van der Waals surface area contributed by atoms with Crippen molar-refractivity contribution in [3.63, 3.8) is 0 Å². The zero-order valence-corrected chi connectivity index (χ0v) is 17.8. The van der Waals surface area contributed by atoms with Crippen LogP contribution < -0.4 is 10.6 Å². The highest BCUT2D eigenvalue weighted by Crippen LogP contribution is 2.32. The van der Waals surface area contributed by atoms with Gasteiger partial charge < -0.3 is 10.6 Å². The molecule has 2 aromatic heterocycles. The van der Waals surface area contributed by atoms with Gasteiger partial charge in [0, 0.05) is 11.1 Å².